The summed E-state index contributed by atoms with van der Waals surface area (Å²) in [5, 5.41) is 2.79. The van der Waals surface area contributed by atoms with Crippen molar-refractivity contribution >= 4 is 17.7 Å². The quantitative estimate of drug-likeness (QED) is 0.518. The van der Waals surface area contributed by atoms with E-state index in [0.717, 1.165) is 12.8 Å². The first-order chi connectivity index (χ1) is 11.4. The van der Waals surface area contributed by atoms with Gasteiger partial charge in [0.1, 0.15) is 11.8 Å². The third-order valence-corrected chi connectivity index (χ3v) is 4.51. The molecule has 0 saturated heterocycles. The molecule has 0 bridgehead atoms. The number of hydrogen-bond donors (Lipinski definition) is 1. The van der Waals surface area contributed by atoms with Crippen molar-refractivity contribution in [3.8, 4) is 0 Å². The van der Waals surface area contributed by atoms with Gasteiger partial charge in [-0.3, -0.25) is 9.59 Å². The first-order valence-corrected chi connectivity index (χ1v) is 8.93. The number of Topliss-reactive ketones (excluding diaryl/α,β-unsaturated/α-hetero) is 1. The number of rotatable bonds is 9. The summed E-state index contributed by atoms with van der Waals surface area (Å²) in [6.07, 6.45) is 7.89. The van der Waals surface area contributed by atoms with Gasteiger partial charge in [-0.1, -0.05) is 32.9 Å². The topological polar surface area (TPSA) is 72.5 Å². The normalized spacial score (nSPS) is 22.1. The Labute approximate surface area is 145 Å². The van der Waals surface area contributed by atoms with Crippen molar-refractivity contribution in [2.24, 2.45) is 17.8 Å². The number of esters is 1. The van der Waals surface area contributed by atoms with Crippen LogP contribution in [0.5, 0.6) is 0 Å². The van der Waals surface area contributed by atoms with Gasteiger partial charge in [-0.05, 0) is 37.5 Å². The van der Waals surface area contributed by atoms with Crippen LogP contribution in [-0.2, 0) is 19.1 Å². The van der Waals surface area contributed by atoms with E-state index in [1.807, 2.05) is 19.9 Å². The molecule has 0 heterocycles. The molecule has 0 aromatic carbocycles. The maximum Gasteiger partial charge on any atom is 0.328 e. The van der Waals surface area contributed by atoms with Crippen LogP contribution in [0.2, 0.25) is 0 Å². The Bertz CT molecular complexity index is 470. The molecular formula is C19H31NO4. The Balaban J connectivity index is 2.62. The first kappa shape index (κ1) is 20.4. The minimum Gasteiger partial charge on any atom is -0.467 e. The van der Waals surface area contributed by atoms with Gasteiger partial charge in [0.25, 0.3) is 0 Å². The average Bonchev–Trinajstić information content (AvgIpc) is 2.86. The second-order valence-electron chi connectivity index (χ2n) is 6.96. The third kappa shape index (κ3) is 6.46. The molecular weight excluding hydrogens is 306 g/mol. The van der Waals surface area contributed by atoms with Crippen molar-refractivity contribution in [1.29, 1.82) is 0 Å². The number of ketones is 1. The van der Waals surface area contributed by atoms with Crippen LogP contribution in [0.25, 0.3) is 0 Å². The van der Waals surface area contributed by atoms with Gasteiger partial charge in [-0.2, -0.15) is 0 Å². The molecule has 1 unspecified atom stereocenters. The van der Waals surface area contributed by atoms with Crippen LogP contribution in [0.1, 0.15) is 59.3 Å². The molecule has 1 aliphatic rings. The predicted molar refractivity (Wildman–Crippen MR) is 93.3 cm³/mol. The van der Waals surface area contributed by atoms with E-state index in [1.165, 1.54) is 7.11 Å². The lowest BCUT2D eigenvalue weighted by atomic mass is 9.89. The van der Waals surface area contributed by atoms with Gasteiger partial charge in [0.2, 0.25) is 5.91 Å². The molecule has 0 aliphatic heterocycles. The van der Waals surface area contributed by atoms with Crippen LogP contribution < -0.4 is 5.32 Å². The number of nitrogens with one attached hydrogen (secondary N) is 1. The van der Waals surface area contributed by atoms with Crippen molar-refractivity contribution in [1.82, 2.24) is 5.32 Å². The van der Waals surface area contributed by atoms with Gasteiger partial charge >= 0.3 is 5.97 Å². The molecule has 3 atom stereocenters. The van der Waals surface area contributed by atoms with Crippen molar-refractivity contribution < 1.29 is 19.1 Å². The minimum atomic E-state index is -0.613. The molecule has 1 fully saturated rings. The molecule has 0 aromatic heterocycles. The van der Waals surface area contributed by atoms with E-state index in [-0.39, 0.29) is 29.4 Å². The largest absolute Gasteiger partial charge is 0.467 e. The van der Waals surface area contributed by atoms with Gasteiger partial charge in [0.15, 0.2) is 0 Å². The van der Waals surface area contributed by atoms with Gasteiger partial charge < -0.3 is 10.1 Å². The molecule has 5 heteroatoms. The van der Waals surface area contributed by atoms with E-state index in [1.54, 1.807) is 0 Å². The van der Waals surface area contributed by atoms with Crippen LogP contribution in [0.15, 0.2) is 12.2 Å². The molecule has 0 radical (unpaired) electrons. The number of allylic oxidation sites excluding steroid dienone is 2. The smallest absolute Gasteiger partial charge is 0.328 e. The summed E-state index contributed by atoms with van der Waals surface area (Å²) < 4.78 is 4.77. The van der Waals surface area contributed by atoms with Gasteiger partial charge in [-0.25, -0.2) is 4.79 Å². The third-order valence-electron chi connectivity index (χ3n) is 4.51. The molecule has 1 N–H and O–H groups in total. The number of carbonyl (C=O) groups is 3. The van der Waals surface area contributed by atoms with Crippen LogP contribution >= 0.6 is 0 Å². The lowest BCUT2D eigenvalue weighted by molar-refractivity contribution is -0.145. The summed E-state index contributed by atoms with van der Waals surface area (Å²) >= 11 is 0. The highest BCUT2D eigenvalue weighted by Gasteiger charge is 2.35. The lowest BCUT2D eigenvalue weighted by Crippen LogP contribution is -2.43. The average molecular weight is 337 g/mol. The van der Waals surface area contributed by atoms with Crippen molar-refractivity contribution in [2.45, 2.75) is 65.3 Å². The standard InChI is InChI=1S/C19H31NO4/c1-5-6-7-8-15-14(9-10-17(15)21)12-18(22)20-16(11-13(2)3)19(23)24-4/h6-7,13-16H,5,8-12H2,1-4H3,(H,20,22)/b7-6-/t14-,15-,16?/m1/s1. The van der Waals surface area contributed by atoms with Crippen molar-refractivity contribution in [2.75, 3.05) is 7.11 Å². The van der Waals surface area contributed by atoms with Gasteiger partial charge in [0.05, 0.1) is 7.11 Å². The first-order valence-electron chi connectivity index (χ1n) is 8.93. The van der Waals surface area contributed by atoms with Crippen molar-refractivity contribution in [3.63, 3.8) is 0 Å². The summed E-state index contributed by atoms with van der Waals surface area (Å²) in [4.78, 5) is 36.2. The zero-order chi connectivity index (χ0) is 18.1. The second kappa shape index (κ2) is 10.3. The highest BCUT2D eigenvalue weighted by molar-refractivity contribution is 5.87. The van der Waals surface area contributed by atoms with E-state index >= 15 is 0 Å². The Morgan fingerprint density at radius 2 is 2.04 bits per heavy atom. The lowest BCUT2D eigenvalue weighted by Gasteiger charge is -2.21. The molecule has 5 nitrogen and oxygen atoms in total. The highest BCUT2D eigenvalue weighted by atomic mass is 16.5. The molecule has 136 valence electrons. The minimum absolute atomic E-state index is 0.0661. The zero-order valence-corrected chi connectivity index (χ0v) is 15.3. The Morgan fingerprint density at radius 3 is 2.62 bits per heavy atom. The number of methoxy groups -OCH3 is 1. The number of amides is 1. The van der Waals surface area contributed by atoms with E-state index in [0.29, 0.717) is 25.7 Å². The fourth-order valence-electron chi connectivity index (χ4n) is 3.27. The molecule has 1 rings (SSSR count). The Hall–Kier alpha value is -1.65. The molecule has 1 amide bonds. The van der Waals surface area contributed by atoms with Crippen LogP contribution in [0.4, 0.5) is 0 Å². The number of carbonyl (C=O) groups excluding carboxylic acids is 3. The Kier molecular flexibility index (Phi) is 8.72. The number of ether oxygens (including phenoxy) is 1. The molecule has 24 heavy (non-hydrogen) atoms. The molecule has 0 spiro atoms. The van der Waals surface area contributed by atoms with Crippen molar-refractivity contribution in [3.05, 3.63) is 12.2 Å². The highest BCUT2D eigenvalue weighted by Crippen LogP contribution is 2.34. The fourth-order valence-corrected chi connectivity index (χ4v) is 3.27. The van der Waals surface area contributed by atoms with E-state index < -0.39 is 12.0 Å². The number of hydrogen-bond acceptors (Lipinski definition) is 4. The summed E-state index contributed by atoms with van der Waals surface area (Å²) in [6.45, 7) is 6.04. The maximum absolute atomic E-state index is 12.3. The fraction of sp³-hybridized carbons (Fsp3) is 0.737. The zero-order valence-electron chi connectivity index (χ0n) is 15.3. The van der Waals surface area contributed by atoms with E-state index in [9.17, 15) is 14.4 Å². The molecule has 1 aliphatic carbocycles. The predicted octanol–water partition coefficient (Wildman–Crippen LogP) is 3.03. The molecule has 0 aromatic rings. The van der Waals surface area contributed by atoms with Crippen LogP contribution in [0, 0.1) is 17.8 Å². The monoisotopic (exact) mass is 337 g/mol. The summed E-state index contributed by atoms with van der Waals surface area (Å²) in [6, 6.07) is -0.613. The second-order valence-corrected chi connectivity index (χ2v) is 6.96. The van der Waals surface area contributed by atoms with Crippen LogP contribution in [-0.4, -0.2) is 30.8 Å². The van der Waals surface area contributed by atoms with Gasteiger partial charge in [0, 0.05) is 18.8 Å². The van der Waals surface area contributed by atoms with E-state index in [4.69, 9.17) is 4.74 Å². The summed E-state index contributed by atoms with van der Waals surface area (Å²) in [5.41, 5.74) is 0. The van der Waals surface area contributed by atoms with E-state index in [2.05, 4.69) is 18.3 Å². The summed E-state index contributed by atoms with van der Waals surface area (Å²) in [5.74, 6) is -0.0663. The molecule has 1 saturated carbocycles. The maximum atomic E-state index is 12.3. The van der Waals surface area contributed by atoms with Gasteiger partial charge in [-0.15, -0.1) is 0 Å². The summed E-state index contributed by atoms with van der Waals surface area (Å²) in [7, 11) is 1.33. The van der Waals surface area contributed by atoms with Crippen LogP contribution in [0.3, 0.4) is 0 Å². The Morgan fingerprint density at radius 1 is 1.33 bits per heavy atom. The SMILES string of the molecule is CC/C=C\C[C@H]1C(=O)CC[C@@H]1CC(=O)NC(CC(C)C)C(=O)OC.